The van der Waals surface area contributed by atoms with Crippen molar-refractivity contribution in [1.82, 2.24) is 18.9 Å². The first-order valence-corrected chi connectivity index (χ1v) is 10.6. The Morgan fingerprint density at radius 3 is 2.40 bits per heavy atom. The molecule has 1 fully saturated rings. The minimum absolute atomic E-state index is 0.572. The normalized spacial score (nSPS) is 14.9. The zero-order chi connectivity index (χ0) is 20.5. The number of aromatic nitrogens is 3. The van der Waals surface area contributed by atoms with E-state index >= 15 is 0 Å². The second-order valence-corrected chi connectivity index (χ2v) is 7.83. The summed E-state index contributed by atoms with van der Waals surface area (Å²) < 4.78 is 9.54. The van der Waals surface area contributed by atoms with Gasteiger partial charge in [-0.25, -0.2) is 4.98 Å². The Morgan fingerprint density at radius 1 is 0.967 bits per heavy atom. The van der Waals surface area contributed by atoms with Crippen LogP contribution in [0, 0.1) is 11.3 Å². The first-order valence-electron chi connectivity index (χ1n) is 10.6. The third-order valence-corrected chi connectivity index (χ3v) is 6.07. The molecular formula is C24H25N5O. The molecule has 4 aromatic rings. The number of piperidine rings is 1. The predicted molar refractivity (Wildman–Crippen MR) is 118 cm³/mol. The van der Waals surface area contributed by atoms with Crippen molar-refractivity contribution in [3.63, 3.8) is 0 Å². The van der Waals surface area contributed by atoms with E-state index in [4.69, 9.17) is 9.72 Å². The van der Waals surface area contributed by atoms with Gasteiger partial charge in [0.15, 0.2) is 5.69 Å². The van der Waals surface area contributed by atoms with Crippen molar-refractivity contribution in [2.75, 3.05) is 26.7 Å². The van der Waals surface area contributed by atoms with Gasteiger partial charge in [0.25, 0.3) is 0 Å². The Bertz CT molecular complexity index is 1220. The second kappa shape index (κ2) is 7.85. The summed E-state index contributed by atoms with van der Waals surface area (Å²) in [4.78, 5) is 7.49. The third kappa shape index (κ3) is 3.12. The minimum Gasteiger partial charge on any atom is -0.497 e. The summed E-state index contributed by atoms with van der Waals surface area (Å²) in [6.45, 7) is 4.21. The van der Waals surface area contributed by atoms with Crippen LogP contribution >= 0.6 is 0 Å². The van der Waals surface area contributed by atoms with E-state index in [0.717, 1.165) is 41.2 Å². The summed E-state index contributed by atoms with van der Waals surface area (Å²) in [5.74, 6) is 1.62. The molecule has 1 saturated heterocycles. The van der Waals surface area contributed by atoms with Gasteiger partial charge in [0, 0.05) is 18.7 Å². The number of imidazole rings is 2. The van der Waals surface area contributed by atoms with E-state index in [1.807, 2.05) is 34.7 Å². The number of hydrogen-bond acceptors (Lipinski definition) is 4. The van der Waals surface area contributed by atoms with E-state index in [-0.39, 0.29) is 0 Å². The number of nitrogens with zero attached hydrogens (tertiary/aromatic N) is 5. The number of rotatable bonds is 5. The topological polar surface area (TPSA) is 58.5 Å². The standard InChI is InChI=1S/C24H25N5O/c1-30-19-11-9-18(10-12-19)23-22(17-25)29-21-8-4-3-7-20(21)28(24(29)26-23)16-15-27-13-5-2-6-14-27/h3-4,7-12H,2,5-6,13-16H2,1H3. The molecule has 152 valence electrons. The van der Waals surface area contributed by atoms with E-state index in [9.17, 15) is 5.26 Å². The largest absolute Gasteiger partial charge is 0.497 e. The van der Waals surface area contributed by atoms with Gasteiger partial charge in [-0.15, -0.1) is 0 Å². The van der Waals surface area contributed by atoms with Gasteiger partial charge in [0.05, 0.1) is 18.1 Å². The molecule has 0 spiro atoms. The van der Waals surface area contributed by atoms with Crippen LogP contribution < -0.4 is 4.74 Å². The van der Waals surface area contributed by atoms with Crippen molar-refractivity contribution in [2.45, 2.75) is 25.8 Å². The number of likely N-dealkylation sites (tertiary alicyclic amines) is 1. The molecule has 3 heterocycles. The molecule has 1 aliphatic heterocycles. The fourth-order valence-corrected chi connectivity index (χ4v) is 4.51. The number of nitriles is 1. The van der Waals surface area contributed by atoms with Gasteiger partial charge >= 0.3 is 0 Å². The lowest BCUT2D eigenvalue weighted by Gasteiger charge is -2.26. The maximum absolute atomic E-state index is 10.0. The van der Waals surface area contributed by atoms with Crippen LogP contribution in [0.2, 0.25) is 0 Å². The fraction of sp³-hybridized carbons (Fsp3) is 0.333. The van der Waals surface area contributed by atoms with Crippen molar-refractivity contribution in [3.8, 4) is 23.1 Å². The zero-order valence-electron chi connectivity index (χ0n) is 17.2. The van der Waals surface area contributed by atoms with Crippen molar-refractivity contribution in [2.24, 2.45) is 0 Å². The molecule has 2 aromatic heterocycles. The summed E-state index contributed by atoms with van der Waals surface area (Å²) in [6, 6.07) is 18.4. The molecule has 5 rings (SSSR count). The quantitative estimate of drug-likeness (QED) is 0.501. The molecule has 6 nitrogen and oxygen atoms in total. The van der Waals surface area contributed by atoms with Crippen LogP contribution in [0.15, 0.2) is 48.5 Å². The van der Waals surface area contributed by atoms with Crippen LogP contribution in [0.4, 0.5) is 0 Å². The molecule has 0 atom stereocenters. The summed E-state index contributed by atoms with van der Waals surface area (Å²) in [6.07, 6.45) is 3.90. The summed E-state index contributed by atoms with van der Waals surface area (Å²) in [5.41, 5.74) is 4.35. The average Bonchev–Trinajstić information content (AvgIpc) is 3.33. The Balaban J connectivity index is 1.63. The van der Waals surface area contributed by atoms with Crippen molar-refractivity contribution in [3.05, 3.63) is 54.2 Å². The van der Waals surface area contributed by atoms with Gasteiger partial charge in [0.2, 0.25) is 5.78 Å². The van der Waals surface area contributed by atoms with Crippen LogP contribution in [0.5, 0.6) is 5.75 Å². The van der Waals surface area contributed by atoms with Crippen molar-refractivity contribution >= 4 is 16.8 Å². The van der Waals surface area contributed by atoms with Crippen LogP contribution in [0.1, 0.15) is 25.0 Å². The second-order valence-electron chi connectivity index (χ2n) is 7.83. The highest BCUT2D eigenvalue weighted by molar-refractivity contribution is 5.84. The van der Waals surface area contributed by atoms with E-state index < -0.39 is 0 Å². The number of ether oxygens (including phenoxy) is 1. The number of benzene rings is 2. The molecule has 0 bridgehead atoms. The predicted octanol–water partition coefficient (Wildman–Crippen LogP) is 4.32. The monoisotopic (exact) mass is 399 g/mol. The lowest BCUT2D eigenvalue weighted by molar-refractivity contribution is 0.222. The molecule has 0 unspecified atom stereocenters. The SMILES string of the molecule is COc1ccc(-c2nc3n(CCN4CCCCC4)c4ccccc4n3c2C#N)cc1. The average molecular weight is 399 g/mol. The first-order chi connectivity index (χ1) is 14.8. The number of fused-ring (bicyclic) bond motifs is 3. The van der Waals surface area contributed by atoms with Crippen molar-refractivity contribution in [1.29, 1.82) is 5.26 Å². The molecule has 30 heavy (non-hydrogen) atoms. The third-order valence-electron chi connectivity index (χ3n) is 6.07. The van der Waals surface area contributed by atoms with Gasteiger partial charge in [-0.2, -0.15) is 5.26 Å². The molecule has 0 aliphatic carbocycles. The van der Waals surface area contributed by atoms with Crippen LogP contribution in [0.25, 0.3) is 28.1 Å². The fourth-order valence-electron chi connectivity index (χ4n) is 4.51. The maximum Gasteiger partial charge on any atom is 0.216 e. The lowest BCUT2D eigenvalue weighted by Crippen LogP contribution is -2.32. The van der Waals surface area contributed by atoms with Crippen LogP contribution in [-0.4, -0.2) is 45.6 Å². The highest BCUT2D eigenvalue weighted by Gasteiger charge is 2.21. The molecule has 1 aliphatic rings. The van der Waals surface area contributed by atoms with E-state index in [2.05, 4.69) is 33.7 Å². The highest BCUT2D eigenvalue weighted by atomic mass is 16.5. The smallest absolute Gasteiger partial charge is 0.216 e. The van der Waals surface area contributed by atoms with Gasteiger partial charge in [0.1, 0.15) is 17.5 Å². The van der Waals surface area contributed by atoms with E-state index in [1.165, 1.54) is 32.4 Å². The number of hydrogen-bond donors (Lipinski definition) is 0. The van der Waals surface area contributed by atoms with Crippen LogP contribution in [-0.2, 0) is 6.54 Å². The molecule has 0 amide bonds. The summed E-state index contributed by atoms with van der Waals surface area (Å²) >= 11 is 0. The van der Waals surface area contributed by atoms with Crippen LogP contribution in [0.3, 0.4) is 0 Å². The molecule has 0 saturated carbocycles. The van der Waals surface area contributed by atoms with E-state index in [0.29, 0.717) is 11.4 Å². The first kappa shape index (κ1) is 18.7. The molecule has 0 N–H and O–H groups in total. The Hall–Kier alpha value is -3.30. The Labute approximate surface area is 175 Å². The van der Waals surface area contributed by atoms with Gasteiger partial charge in [-0.05, 0) is 62.3 Å². The molecule has 0 radical (unpaired) electrons. The number of methoxy groups -OCH3 is 1. The molecular weight excluding hydrogens is 374 g/mol. The Kier molecular flexibility index (Phi) is 4.89. The zero-order valence-corrected chi connectivity index (χ0v) is 17.2. The van der Waals surface area contributed by atoms with E-state index in [1.54, 1.807) is 7.11 Å². The molecule has 2 aromatic carbocycles. The summed E-state index contributed by atoms with van der Waals surface area (Å²) in [7, 11) is 1.65. The highest BCUT2D eigenvalue weighted by Crippen LogP contribution is 2.30. The minimum atomic E-state index is 0.572. The number of para-hydroxylation sites is 2. The van der Waals surface area contributed by atoms with Gasteiger partial charge in [-0.1, -0.05) is 18.6 Å². The van der Waals surface area contributed by atoms with Crippen molar-refractivity contribution < 1.29 is 4.74 Å². The van der Waals surface area contributed by atoms with Gasteiger partial charge in [-0.3, -0.25) is 4.40 Å². The summed E-state index contributed by atoms with van der Waals surface area (Å²) in [5, 5.41) is 10.0. The maximum atomic E-state index is 10.0. The molecule has 6 heteroatoms. The Morgan fingerprint density at radius 2 is 1.70 bits per heavy atom. The lowest BCUT2D eigenvalue weighted by atomic mass is 10.1. The van der Waals surface area contributed by atoms with Gasteiger partial charge < -0.3 is 14.2 Å².